The molecule has 0 unspecified atom stereocenters. The van der Waals surface area contributed by atoms with E-state index < -0.39 is 5.97 Å². The van der Waals surface area contributed by atoms with Crippen LogP contribution in [0, 0.1) is 0 Å². The normalized spacial score (nSPS) is 10.5. The summed E-state index contributed by atoms with van der Waals surface area (Å²) in [6, 6.07) is 7.15. The van der Waals surface area contributed by atoms with Gasteiger partial charge in [0.1, 0.15) is 6.54 Å². The SMILES string of the molecule is CCNC(=O)Cn1cc(C(=O)O)c2ccccc21. The minimum absolute atomic E-state index is 0.127. The lowest BCUT2D eigenvalue weighted by Gasteiger charge is -2.04. The van der Waals surface area contributed by atoms with E-state index in [0.717, 1.165) is 5.52 Å². The van der Waals surface area contributed by atoms with Crippen LogP contribution in [0.25, 0.3) is 10.9 Å². The van der Waals surface area contributed by atoms with Gasteiger partial charge in [-0.05, 0) is 13.0 Å². The zero-order valence-corrected chi connectivity index (χ0v) is 10.0. The van der Waals surface area contributed by atoms with Crippen LogP contribution in [0.5, 0.6) is 0 Å². The van der Waals surface area contributed by atoms with Gasteiger partial charge in [-0.15, -0.1) is 0 Å². The number of carbonyl (C=O) groups is 2. The highest BCUT2D eigenvalue weighted by Gasteiger charge is 2.14. The first-order valence-corrected chi connectivity index (χ1v) is 5.71. The van der Waals surface area contributed by atoms with Crippen molar-refractivity contribution in [3.63, 3.8) is 0 Å². The molecule has 0 atom stereocenters. The van der Waals surface area contributed by atoms with E-state index in [-0.39, 0.29) is 18.0 Å². The van der Waals surface area contributed by atoms with Gasteiger partial charge in [0.05, 0.1) is 5.56 Å². The molecule has 0 saturated heterocycles. The number of aromatic nitrogens is 1. The van der Waals surface area contributed by atoms with Crippen molar-refractivity contribution in [3.05, 3.63) is 36.0 Å². The average Bonchev–Trinajstić information content (AvgIpc) is 2.69. The van der Waals surface area contributed by atoms with Crippen molar-refractivity contribution >= 4 is 22.8 Å². The zero-order valence-electron chi connectivity index (χ0n) is 10.0. The van der Waals surface area contributed by atoms with Crippen LogP contribution < -0.4 is 5.32 Å². The molecule has 0 saturated carbocycles. The molecule has 2 N–H and O–H groups in total. The first-order valence-electron chi connectivity index (χ1n) is 5.71. The first-order chi connectivity index (χ1) is 8.63. The molecule has 1 heterocycles. The Labute approximate surface area is 104 Å². The van der Waals surface area contributed by atoms with Crippen LogP contribution in [-0.2, 0) is 11.3 Å². The Morgan fingerprint density at radius 2 is 2.06 bits per heavy atom. The van der Waals surface area contributed by atoms with E-state index in [1.54, 1.807) is 22.8 Å². The summed E-state index contributed by atoms with van der Waals surface area (Å²) in [6.45, 7) is 2.53. The average molecular weight is 246 g/mol. The number of benzene rings is 1. The van der Waals surface area contributed by atoms with Crippen LogP contribution in [0.15, 0.2) is 30.5 Å². The second-order valence-corrected chi connectivity index (χ2v) is 3.95. The number of carbonyl (C=O) groups excluding carboxylic acids is 1. The number of likely N-dealkylation sites (N-methyl/N-ethyl adjacent to an activating group) is 1. The number of rotatable bonds is 4. The van der Waals surface area contributed by atoms with Crippen molar-refractivity contribution < 1.29 is 14.7 Å². The summed E-state index contributed by atoms with van der Waals surface area (Å²) in [7, 11) is 0. The van der Waals surface area contributed by atoms with Gasteiger partial charge in [-0.3, -0.25) is 4.79 Å². The molecule has 0 aliphatic rings. The Morgan fingerprint density at radius 3 is 2.72 bits per heavy atom. The maximum Gasteiger partial charge on any atom is 0.337 e. The maximum atomic E-state index is 11.6. The van der Waals surface area contributed by atoms with Crippen LogP contribution >= 0.6 is 0 Å². The minimum Gasteiger partial charge on any atom is -0.478 e. The fourth-order valence-corrected chi connectivity index (χ4v) is 1.96. The van der Waals surface area contributed by atoms with Crippen LogP contribution in [0.2, 0.25) is 0 Å². The van der Waals surface area contributed by atoms with Crippen LogP contribution in [0.1, 0.15) is 17.3 Å². The molecule has 94 valence electrons. The molecule has 2 aromatic rings. The molecule has 0 aliphatic heterocycles. The molecule has 18 heavy (non-hydrogen) atoms. The van der Waals surface area contributed by atoms with Gasteiger partial charge in [-0.1, -0.05) is 18.2 Å². The smallest absolute Gasteiger partial charge is 0.337 e. The predicted molar refractivity (Wildman–Crippen MR) is 67.6 cm³/mol. The molecule has 2 rings (SSSR count). The van der Waals surface area contributed by atoms with Gasteiger partial charge in [0.25, 0.3) is 0 Å². The van der Waals surface area contributed by atoms with E-state index in [0.29, 0.717) is 11.9 Å². The van der Waals surface area contributed by atoms with Crippen molar-refractivity contribution in [1.82, 2.24) is 9.88 Å². The minimum atomic E-state index is -0.985. The van der Waals surface area contributed by atoms with Crippen molar-refractivity contribution in [1.29, 1.82) is 0 Å². The summed E-state index contributed by atoms with van der Waals surface area (Å²) in [5.41, 5.74) is 0.969. The highest BCUT2D eigenvalue weighted by molar-refractivity contribution is 6.03. The lowest BCUT2D eigenvalue weighted by Crippen LogP contribution is -2.26. The number of carboxylic acids is 1. The Morgan fingerprint density at radius 1 is 1.33 bits per heavy atom. The lowest BCUT2D eigenvalue weighted by atomic mass is 10.2. The molecule has 5 heteroatoms. The lowest BCUT2D eigenvalue weighted by molar-refractivity contribution is -0.121. The van der Waals surface area contributed by atoms with Crippen LogP contribution in [0.3, 0.4) is 0 Å². The summed E-state index contributed by atoms with van der Waals surface area (Å²) in [6.07, 6.45) is 1.50. The Kier molecular flexibility index (Phi) is 3.32. The van der Waals surface area contributed by atoms with E-state index >= 15 is 0 Å². The zero-order chi connectivity index (χ0) is 13.1. The molecule has 0 radical (unpaired) electrons. The number of hydrogen-bond donors (Lipinski definition) is 2. The quantitative estimate of drug-likeness (QED) is 0.858. The van der Waals surface area contributed by atoms with Gasteiger partial charge in [-0.25, -0.2) is 4.79 Å². The third-order valence-electron chi connectivity index (χ3n) is 2.71. The van der Waals surface area contributed by atoms with Crippen LogP contribution in [-0.4, -0.2) is 28.1 Å². The molecule has 1 aromatic heterocycles. The first kappa shape index (κ1) is 12.2. The van der Waals surface area contributed by atoms with E-state index in [1.807, 2.05) is 13.0 Å². The fourth-order valence-electron chi connectivity index (χ4n) is 1.96. The van der Waals surface area contributed by atoms with Crippen LogP contribution in [0.4, 0.5) is 0 Å². The topological polar surface area (TPSA) is 71.3 Å². The highest BCUT2D eigenvalue weighted by Crippen LogP contribution is 2.21. The largest absolute Gasteiger partial charge is 0.478 e. The number of aromatic carboxylic acids is 1. The number of hydrogen-bond acceptors (Lipinski definition) is 2. The van der Waals surface area contributed by atoms with Gasteiger partial charge in [0.15, 0.2) is 0 Å². The number of para-hydroxylation sites is 1. The summed E-state index contributed by atoms with van der Waals surface area (Å²) < 4.78 is 1.66. The summed E-state index contributed by atoms with van der Waals surface area (Å²) in [5, 5.41) is 12.5. The second-order valence-electron chi connectivity index (χ2n) is 3.95. The highest BCUT2D eigenvalue weighted by atomic mass is 16.4. The second kappa shape index (κ2) is 4.91. The number of amides is 1. The van der Waals surface area contributed by atoms with E-state index in [9.17, 15) is 9.59 Å². The molecular weight excluding hydrogens is 232 g/mol. The number of nitrogens with one attached hydrogen (secondary N) is 1. The number of nitrogens with zero attached hydrogens (tertiary/aromatic N) is 1. The van der Waals surface area contributed by atoms with Gasteiger partial charge < -0.3 is 15.0 Å². The number of carboxylic acid groups (broad SMARTS) is 1. The van der Waals surface area contributed by atoms with Gasteiger partial charge in [-0.2, -0.15) is 0 Å². The van der Waals surface area contributed by atoms with E-state index in [1.165, 1.54) is 6.20 Å². The van der Waals surface area contributed by atoms with Crippen molar-refractivity contribution in [2.24, 2.45) is 0 Å². The molecule has 5 nitrogen and oxygen atoms in total. The summed E-state index contributed by atoms with van der Waals surface area (Å²) >= 11 is 0. The Bertz CT molecular complexity index is 601. The molecule has 1 aromatic carbocycles. The summed E-state index contributed by atoms with van der Waals surface area (Å²) in [4.78, 5) is 22.7. The Balaban J connectivity index is 2.45. The Hall–Kier alpha value is -2.30. The summed E-state index contributed by atoms with van der Waals surface area (Å²) in [5.74, 6) is -1.11. The molecule has 0 aliphatic carbocycles. The molecule has 0 spiro atoms. The predicted octanol–water partition coefficient (Wildman–Crippen LogP) is 1.48. The maximum absolute atomic E-state index is 11.6. The number of fused-ring (bicyclic) bond motifs is 1. The molecule has 0 fully saturated rings. The van der Waals surface area contributed by atoms with Crippen molar-refractivity contribution in [2.45, 2.75) is 13.5 Å². The molecule has 1 amide bonds. The van der Waals surface area contributed by atoms with E-state index in [2.05, 4.69) is 5.32 Å². The van der Waals surface area contributed by atoms with Gasteiger partial charge in [0, 0.05) is 23.6 Å². The third-order valence-corrected chi connectivity index (χ3v) is 2.71. The fraction of sp³-hybridized carbons (Fsp3) is 0.231. The van der Waals surface area contributed by atoms with Crippen molar-refractivity contribution in [3.8, 4) is 0 Å². The third kappa shape index (κ3) is 2.20. The standard InChI is InChI=1S/C13H14N2O3/c1-2-14-12(16)8-15-7-10(13(17)18)9-5-3-4-6-11(9)15/h3-7H,2,8H2,1H3,(H,14,16)(H,17,18). The van der Waals surface area contributed by atoms with Gasteiger partial charge >= 0.3 is 5.97 Å². The van der Waals surface area contributed by atoms with E-state index in [4.69, 9.17) is 5.11 Å². The molecular formula is C13H14N2O3. The van der Waals surface area contributed by atoms with Gasteiger partial charge in [0.2, 0.25) is 5.91 Å². The molecule has 0 bridgehead atoms. The monoisotopic (exact) mass is 246 g/mol. The van der Waals surface area contributed by atoms with Crippen molar-refractivity contribution in [2.75, 3.05) is 6.54 Å².